The molecule has 2 saturated carbocycles. The first kappa shape index (κ1) is 28.5. The molecule has 3 fully saturated rings. The maximum Gasteiger partial charge on any atom is 0.305 e. The van der Waals surface area contributed by atoms with E-state index in [1.54, 1.807) is 48.2 Å². The number of thioether (sulfide) groups is 1. The summed E-state index contributed by atoms with van der Waals surface area (Å²) >= 11 is 8.91. The topological polar surface area (TPSA) is 109 Å². The third-order valence-corrected chi connectivity index (χ3v) is 12.4. The monoisotopic (exact) mass is 661 g/mol. The van der Waals surface area contributed by atoms with Crippen molar-refractivity contribution in [2.24, 2.45) is 29.6 Å². The summed E-state index contributed by atoms with van der Waals surface area (Å²) in [6.45, 7) is -0.224. The first-order valence-corrected chi connectivity index (χ1v) is 16.7. The van der Waals surface area contributed by atoms with Crippen molar-refractivity contribution < 1.29 is 23.5 Å². The number of nitrogens with one attached hydrogen (secondary N) is 2. The van der Waals surface area contributed by atoms with Gasteiger partial charge in [0.15, 0.2) is 6.61 Å². The third-order valence-electron chi connectivity index (χ3n) is 9.55. The second-order valence-corrected chi connectivity index (χ2v) is 14.5. The van der Waals surface area contributed by atoms with E-state index in [1.807, 2.05) is 12.1 Å². The summed E-state index contributed by atoms with van der Waals surface area (Å²) in [4.78, 5) is 57.8. The van der Waals surface area contributed by atoms with Gasteiger partial charge in [-0.05, 0) is 90.4 Å². The average Bonchev–Trinajstić information content (AvgIpc) is 3.77. The highest BCUT2D eigenvalue weighted by molar-refractivity contribution is 8.00. The van der Waals surface area contributed by atoms with Gasteiger partial charge in [-0.3, -0.25) is 24.1 Å². The SMILES string of the molecule is O=C(COc1ccc([C@@H]2c3sc(=O)[nH]c3S[C@@H]3[C@@H]4C[C@@H]([C@@H]5C(=O)N(c6ccc(Cl)cc6)C(=O)[C@@H]45)[C@H]23)cc1)Nc1ccc(F)cc1. The number of hydrogen-bond acceptors (Lipinski definition) is 7. The number of anilines is 2. The highest BCUT2D eigenvalue weighted by Crippen LogP contribution is 2.68. The zero-order valence-electron chi connectivity index (χ0n) is 23.4. The van der Waals surface area contributed by atoms with Gasteiger partial charge in [-0.1, -0.05) is 35.1 Å². The summed E-state index contributed by atoms with van der Waals surface area (Å²) in [5.74, 6) is -1.40. The molecule has 12 heteroatoms. The number of amides is 3. The average molecular weight is 662 g/mol. The van der Waals surface area contributed by atoms with Crippen molar-refractivity contribution in [3.63, 3.8) is 0 Å². The Hall–Kier alpha value is -3.93. The lowest BCUT2D eigenvalue weighted by atomic mass is 9.68. The van der Waals surface area contributed by atoms with Crippen molar-refractivity contribution in [2.75, 3.05) is 16.8 Å². The molecule has 45 heavy (non-hydrogen) atoms. The Morgan fingerprint density at radius 3 is 2.36 bits per heavy atom. The van der Waals surface area contributed by atoms with Crippen LogP contribution < -0.4 is 19.8 Å². The fourth-order valence-corrected chi connectivity index (χ4v) is 10.9. The standard InChI is InChI=1S/C33H25ClFN3O5S2/c34-16-3-9-19(10-4-16)38-31(40)26-21-13-22(27(26)32(38)41)28-25(21)24(29-30(44-28)37-33(42)45-29)15-1-11-20(12-2-15)43-14-23(39)36-18-7-5-17(35)6-8-18/h1-12,21-22,24-28H,13-14H2,(H,36,39)(H,37,42)/t21-,22-,24+,25-,26+,27+,28-/m1/s1. The zero-order valence-corrected chi connectivity index (χ0v) is 25.8. The molecule has 3 amide bonds. The van der Waals surface area contributed by atoms with E-state index in [1.165, 1.54) is 40.5 Å². The number of thiazole rings is 1. The second-order valence-electron chi connectivity index (χ2n) is 11.9. The van der Waals surface area contributed by atoms with Crippen molar-refractivity contribution in [1.29, 1.82) is 0 Å². The lowest BCUT2D eigenvalue weighted by Crippen LogP contribution is -2.42. The fourth-order valence-electron chi connectivity index (χ4n) is 7.89. The van der Waals surface area contributed by atoms with E-state index in [0.29, 0.717) is 22.1 Å². The molecule has 4 aliphatic rings. The summed E-state index contributed by atoms with van der Waals surface area (Å²) in [7, 11) is 0. The van der Waals surface area contributed by atoms with Gasteiger partial charge in [0.25, 0.3) is 5.91 Å². The molecule has 2 bridgehead atoms. The van der Waals surface area contributed by atoms with Gasteiger partial charge in [0.2, 0.25) is 11.8 Å². The number of H-pyrrole nitrogens is 1. The van der Waals surface area contributed by atoms with Crippen molar-refractivity contribution in [2.45, 2.75) is 22.6 Å². The van der Waals surface area contributed by atoms with Crippen LogP contribution in [0.15, 0.2) is 82.6 Å². The Bertz CT molecular complexity index is 1900. The summed E-state index contributed by atoms with van der Waals surface area (Å²) < 4.78 is 18.9. The highest BCUT2D eigenvalue weighted by atomic mass is 35.5. The summed E-state index contributed by atoms with van der Waals surface area (Å²) in [6.07, 6.45) is 0.795. The second kappa shape index (κ2) is 10.9. The lowest BCUT2D eigenvalue weighted by Gasteiger charge is -2.43. The van der Waals surface area contributed by atoms with Gasteiger partial charge >= 0.3 is 4.87 Å². The number of carbonyl (C=O) groups is 3. The number of halogens is 2. The van der Waals surface area contributed by atoms with Crippen LogP contribution in [0.1, 0.15) is 22.8 Å². The van der Waals surface area contributed by atoms with E-state index < -0.39 is 5.92 Å². The van der Waals surface area contributed by atoms with E-state index in [4.69, 9.17) is 16.3 Å². The van der Waals surface area contributed by atoms with E-state index in [0.717, 1.165) is 21.9 Å². The van der Waals surface area contributed by atoms with Crippen LogP contribution in [0.5, 0.6) is 5.75 Å². The maximum atomic E-state index is 13.9. The number of imide groups is 1. The van der Waals surface area contributed by atoms with Crippen LogP contribution in [-0.2, 0) is 14.4 Å². The van der Waals surface area contributed by atoms with Crippen molar-refractivity contribution in [1.82, 2.24) is 4.98 Å². The Labute approximate surface area is 269 Å². The van der Waals surface area contributed by atoms with Crippen molar-refractivity contribution in [3.05, 3.63) is 104 Å². The molecule has 228 valence electrons. The van der Waals surface area contributed by atoms with E-state index in [2.05, 4.69) is 10.3 Å². The predicted octanol–water partition coefficient (Wildman–Crippen LogP) is 5.92. The molecule has 2 aliphatic heterocycles. The molecule has 3 aromatic carbocycles. The molecule has 1 saturated heterocycles. The summed E-state index contributed by atoms with van der Waals surface area (Å²) in [5.41, 5.74) is 2.00. The van der Waals surface area contributed by atoms with E-state index in [9.17, 15) is 23.6 Å². The minimum atomic E-state index is -0.401. The molecule has 2 N–H and O–H groups in total. The number of ether oxygens (including phenoxy) is 1. The number of nitrogens with zero attached hydrogens (tertiary/aromatic N) is 1. The minimum absolute atomic E-state index is 0.00677. The number of carbonyl (C=O) groups excluding carboxylic acids is 3. The highest BCUT2D eigenvalue weighted by Gasteiger charge is 2.69. The number of fused-ring (bicyclic) bond motifs is 9. The molecular weight excluding hydrogens is 637 g/mol. The van der Waals surface area contributed by atoms with Crippen LogP contribution in [0.3, 0.4) is 0 Å². The molecule has 0 radical (unpaired) electrons. The normalized spacial score (nSPS) is 27.7. The maximum absolute atomic E-state index is 13.9. The van der Waals surface area contributed by atoms with Gasteiger partial charge < -0.3 is 15.0 Å². The van der Waals surface area contributed by atoms with Crippen LogP contribution in [0.25, 0.3) is 0 Å². The van der Waals surface area contributed by atoms with Gasteiger partial charge in [0.1, 0.15) is 11.6 Å². The van der Waals surface area contributed by atoms with Gasteiger partial charge in [0, 0.05) is 26.8 Å². The molecule has 7 atom stereocenters. The Balaban J connectivity index is 1.05. The Kier molecular flexibility index (Phi) is 6.88. The molecule has 1 aromatic heterocycles. The van der Waals surface area contributed by atoms with Gasteiger partial charge in [0.05, 0.1) is 22.5 Å². The number of rotatable bonds is 6. The molecule has 8 rings (SSSR count). The first-order chi connectivity index (χ1) is 21.8. The smallest absolute Gasteiger partial charge is 0.305 e. The number of benzene rings is 3. The first-order valence-electron chi connectivity index (χ1n) is 14.6. The quantitative estimate of drug-likeness (QED) is 0.248. The van der Waals surface area contributed by atoms with Crippen molar-refractivity contribution >= 4 is 63.8 Å². The van der Waals surface area contributed by atoms with E-state index in [-0.39, 0.29) is 69.9 Å². The number of aromatic nitrogens is 1. The van der Waals surface area contributed by atoms with Gasteiger partial charge in [-0.15, -0.1) is 11.8 Å². The van der Waals surface area contributed by atoms with Gasteiger partial charge in [-0.2, -0.15) is 0 Å². The zero-order chi connectivity index (χ0) is 31.0. The predicted molar refractivity (Wildman–Crippen MR) is 169 cm³/mol. The number of hydrogen-bond donors (Lipinski definition) is 2. The van der Waals surface area contributed by atoms with Crippen molar-refractivity contribution in [3.8, 4) is 5.75 Å². The number of aromatic amines is 1. The molecule has 0 spiro atoms. The fraction of sp³-hybridized carbons (Fsp3) is 0.273. The van der Waals surface area contributed by atoms with Crippen LogP contribution in [-0.4, -0.2) is 34.6 Å². The molecule has 2 aliphatic carbocycles. The largest absolute Gasteiger partial charge is 0.484 e. The minimum Gasteiger partial charge on any atom is -0.484 e. The molecule has 8 nitrogen and oxygen atoms in total. The molecule has 3 heterocycles. The summed E-state index contributed by atoms with van der Waals surface area (Å²) in [6, 6.07) is 19.8. The third kappa shape index (κ3) is 4.71. The molecule has 0 unspecified atom stereocenters. The van der Waals surface area contributed by atoms with Crippen LogP contribution in [0.4, 0.5) is 15.8 Å². The van der Waals surface area contributed by atoms with E-state index >= 15 is 0 Å². The molecule has 4 aromatic rings. The van der Waals surface area contributed by atoms with Crippen LogP contribution >= 0.6 is 34.7 Å². The Morgan fingerprint density at radius 2 is 1.64 bits per heavy atom. The van der Waals surface area contributed by atoms with Crippen LogP contribution in [0.2, 0.25) is 5.02 Å². The lowest BCUT2D eigenvalue weighted by molar-refractivity contribution is -0.123. The molecular formula is C33H25ClFN3O5S2. The Morgan fingerprint density at radius 1 is 0.956 bits per heavy atom. The van der Waals surface area contributed by atoms with Gasteiger partial charge in [-0.25, -0.2) is 4.39 Å². The van der Waals surface area contributed by atoms with Crippen LogP contribution in [0, 0.1) is 35.4 Å². The summed E-state index contributed by atoms with van der Waals surface area (Å²) in [5, 5.41) is 4.12.